The van der Waals surface area contributed by atoms with Crippen molar-refractivity contribution >= 4 is 33.1 Å². The second-order valence-corrected chi connectivity index (χ2v) is 6.33. The summed E-state index contributed by atoms with van der Waals surface area (Å²) in [5, 5.41) is 4.14. The lowest BCUT2D eigenvalue weighted by Gasteiger charge is -2.07. The molecule has 112 valence electrons. The van der Waals surface area contributed by atoms with E-state index in [2.05, 4.69) is 29.4 Å². The summed E-state index contributed by atoms with van der Waals surface area (Å²) in [4.78, 5) is 17.7. The van der Waals surface area contributed by atoms with Gasteiger partial charge in [0.25, 0.3) is 5.91 Å². The van der Waals surface area contributed by atoms with Gasteiger partial charge in [-0.3, -0.25) is 4.79 Å². The molecule has 3 nitrogen and oxygen atoms in total. The van der Waals surface area contributed by atoms with Crippen LogP contribution in [0.2, 0.25) is 0 Å². The molecule has 1 N–H and O–H groups in total. The molecule has 0 radical (unpaired) electrons. The molecule has 3 rings (SSSR count). The first-order valence-electron chi connectivity index (χ1n) is 7.44. The minimum atomic E-state index is -0.0635. The zero-order valence-corrected chi connectivity index (χ0v) is 13.5. The third-order valence-corrected chi connectivity index (χ3v) is 4.86. The van der Waals surface area contributed by atoms with E-state index < -0.39 is 0 Å². The number of nitrogens with one attached hydrogen (secondary N) is 1. The summed E-state index contributed by atoms with van der Waals surface area (Å²) in [6.07, 6.45) is 3.62. The van der Waals surface area contributed by atoms with Gasteiger partial charge in [-0.1, -0.05) is 37.6 Å². The van der Waals surface area contributed by atoms with Crippen molar-refractivity contribution in [2.24, 2.45) is 0 Å². The van der Waals surface area contributed by atoms with Gasteiger partial charge < -0.3 is 5.32 Å². The van der Waals surface area contributed by atoms with Gasteiger partial charge in [0, 0.05) is 10.9 Å². The Balaban J connectivity index is 2.00. The standard InChI is InChI=1S/C18H18N2OS/c1-3-7-14-13-9-4-5-10-15(13)22-16(14)18(21)20-17-12(2)8-6-11-19-17/h4-6,8-11H,3,7H2,1-2H3,(H,19,20,21). The largest absolute Gasteiger partial charge is 0.306 e. The van der Waals surface area contributed by atoms with Gasteiger partial charge in [-0.15, -0.1) is 11.3 Å². The molecule has 0 atom stereocenters. The molecule has 2 heterocycles. The van der Waals surface area contributed by atoms with Crippen LogP contribution >= 0.6 is 11.3 Å². The van der Waals surface area contributed by atoms with E-state index in [9.17, 15) is 4.79 Å². The van der Waals surface area contributed by atoms with Crippen molar-refractivity contribution in [1.82, 2.24) is 4.98 Å². The van der Waals surface area contributed by atoms with Gasteiger partial charge in [0.1, 0.15) is 5.82 Å². The number of anilines is 1. The summed E-state index contributed by atoms with van der Waals surface area (Å²) >= 11 is 1.56. The van der Waals surface area contributed by atoms with Crippen molar-refractivity contribution in [3.8, 4) is 0 Å². The third kappa shape index (κ3) is 2.74. The van der Waals surface area contributed by atoms with Gasteiger partial charge in [-0.05, 0) is 42.0 Å². The number of amides is 1. The molecular weight excluding hydrogens is 292 g/mol. The van der Waals surface area contributed by atoms with Gasteiger partial charge in [0.15, 0.2) is 0 Å². The first-order valence-corrected chi connectivity index (χ1v) is 8.25. The molecule has 4 heteroatoms. The molecule has 0 spiro atoms. The van der Waals surface area contributed by atoms with Crippen LogP contribution in [0.15, 0.2) is 42.6 Å². The number of pyridine rings is 1. The zero-order valence-electron chi connectivity index (χ0n) is 12.7. The molecule has 3 aromatic rings. The predicted molar refractivity (Wildman–Crippen MR) is 92.7 cm³/mol. The van der Waals surface area contributed by atoms with Crippen molar-refractivity contribution in [3.63, 3.8) is 0 Å². The summed E-state index contributed by atoms with van der Waals surface area (Å²) in [5.41, 5.74) is 2.11. The highest BCUT2D eigenvalue weighted by Gasteiger charge is 2.18. The molecule has 0 aliphatic rings. The van der Waals surface area contributed by atoms with Crippen molar-refractivity contribution in [3.05, 3.63) is 58.6 Å². The number of hydrogen-bond acceptors (Lipinski definition) is 3. The molecule has 0 unspecified atom stereocenters. The summed E-state index contributed by atoms with van der Waals surface area (Å²) in [6, 6.07) is 12.0. The average Bonchev–Trinajstić information content (AvgIpc) is 2.89. The van der Waals surface area contributed by atoms with E-state index in [1.54, 1.807) is 17.5 Å². The predicted octanol–water partition coefficient (Wildman–Crippen LogP) is 4.81. The number of aryl methyl sites for hydroxylation is 2. The Hall–Kier alpha value is -2.20. The van der Waals surface area contributed by atoms with E-state index in [4.69, 9.17) is 0 Å². The number of benzene rings is 1. The van der Waals surface area contributed by atoms with Crippen molar-refractivity contribution in [2.75, 3.05) is 5.32 Å². The number of carbonyl (C=O) groups excluding carboxylic acids is 1. The van der Waals surface area contributed by atoms with Gasteiger partial charge in [-0.25, -0.2) is 4.98 Å². The van der Waals surface area contributed by atoms with Gasteiger partial charge in [0.2, 0.25) is 0 Å². The smallest absolute Gasteiger partial charge is 0.267 e. The maximum atomic E-state index is 12.7. The Morgan fingerprint density at radius 1 is 1.23 bits per heavy atom. The normalized spacial score (nSPS) is 10.8. The van der Waals surface area contributed by atoms with Crippen LogP contribution in [-0.4, -0.2) is 10.9 Å². The molecule has 0 bridgehead atoms. The Morgan fingerprint density at radius 3 is 2.82 bits per heavy atom. The van der Waals surface area contributed by atoms with Crippen LogP contribution in [0.4, 0.5) is 5.82 Å². The molecule has 2 aromatic heterocycles. The van der Waals surface area contributed by atoms with E-state index in [-0.39, 0.29) is 5.91 Å². The SMILES string of the molecule is CCCc1c(C(=O)Nc2ncccc2C)sc2ccccc12. The molecule has 1 aromatic carbocycles. The number of aromatic nitrogens is 1. The monoisotopic (exact) mass is 310 g/mol. The fourth-order valence-electron chi connectivity index (χ4n) is 2.56. The van der Waals surface area contributed by atoms with E-state index in [1.807, 2.05) is 31.2 Å². The van der Waals surface area contributed by atoms with Crippen LogP contribution < -0.4 is 5.32 Å². The molecule has 0 saturated heterocycles. The van der Waals surface area contributed by atoms with E-state index in [1.165, 1.54) is 5.39 Å². The Kier molecular flexibility index (Phi) is 4.20. The third-order valence-electron chi connectivity index (χ3n) is 3.65. The minimum Gasteiger partial charge on any atom is -0.306 e. The van der Waals surface area contributed by atoms with Crippen LogP contribution in [0.5, 0.6) is 0 Å². The quantitative estimate of drug-likeness (QED) is 0.751. The van der Waals surface area contributed by atoms with Crippen molar-refractivity contribution in [2.45, 2.75) is 26.7 Å². The first kappa shape index (κ1) is 14.7. The van der Waals surface area contributed by atoms with E-state index in [0.29, 0.717) is 5.82 Å². The highest BCUT2D eigenvalue weighted by molar-refractivity contribution is 7.21. The number of hydrogen-bond donors (Lipinski definition) is 1. The topological polar surface area (TPSA) is 42.0 Å². The lowest BCUT2D eigenvalue weighted by Crippen LogP contribution is -2.14. The average molecular weight is 310 g/mol. The lowest BCUT2D eigenvalue weighted by molar-refractivity contribution is 0.102. The van der Waals surface area contributed by atoms with E-state index >= 15 is 0 Å². The molecule has 0 fully saturated rings. The Labute approximate surface area is 134 Å². The fraction of sp³-hybridized carbons (Fsp3) is 0.222. The molecular formula is C18H18N2OS. The van der Waals surface area contributed by atoms with Gasteiger partial charge >= 0.3 is 0 Å². The van der Waals surface area contributed by atoms with Crippen LogP contribution in [0, 0.1) is 6.92 Å². The molecule has 0 aliphatic carbocycles. The number of carbonyl (C=O) groups is 1. The summed E-state index contributed by atoms with van der Waals surface area (Å²) in [5.74, 6) is 0.568. The molecule has 0 aliphatic heterocycles. The second kappa shape index (κ2) is 6.28. The fourth-order valence-corrected chi connectivity index (χ4v) is 3.71. The van der Waals surface area contributed by atoms with Gasteiger partial charge in [0.05, 0.1) is 4.88 Å². The molecule has 1 amide bonds. The van der Waals surface area contributed by atoms with Crippen LogP contribution in [-0.2, 0) is 6.42 Å². The zero-order chi connectivity index (χ0) is 15.5. The highest BCUT2D eigenvalue weighted by atomic mass is 32.1. The van der Waals surface area contributed by atoms with Crippen molar-refractivity contribution in [1.29, 1.82) is 0 Å². The molecule has 0 saturated carbocycles. The van der Waals surface area contributed by atoms with Crippen LogP contribution in [0.3, 0.4) is 0 Å². The maximum absolute atomic E-state index is 12.7. The Bertz CT molecular complexity index is 823. The second-order valence-electron chi connectivity index (χ2n) is 5.28. The minimum absolute atomic E-state index is 0.0635. The summed E-state index contributed by atoms with van der Waals surface area (Å²) in [6.45, 7) is 4.08. The lowest BCUT2D eigenvalue weighted by atomic mass is 10.1. The maximum Gasteiger partial charge on any atom is 0.267 e. The summed E-state index contributed by atoms with van der Waals surface area (Å²) < 4.78 is 1.16. The highest BCUT2D eigenvalue weighted by Crippen LogP contribution is 2.32. The molecule has 22 heavy (non-hydrogen) atoms. The number of nitrogens with zero attached hydrogens (tertiary/aromatic N) is 1. The number of rotatable bonds is 4. The van der Waals surface area contributed by atoms with Gasteiger partial charge in [-0.2, -0.15) is 0 Å². The van der Waals surface area contributed by atoms with Crippen LogP contribution in [0.1, 0.15) is 34.1 Å². The summed E-state index contributed by atoms with van der Waals surface area (Å²) in [7, 11) is 0. The first-order chi connectivity index (χ1) is 10.7. The number of thiophene rings is 1. The van der Waals surface area contributed by atoms with Crippen molar-refractivity contribution < 1.29 is 4.79 Å². The number of fused-ring (bicyclic) bond motifs is 1. The van der Waals surface area contributed by atoms with E-state index in [0.717, 1.165) is 33.5 Å². The van der Waals surface area contributed by atoms with Crippen LogP contribution in [0.25, 0.3) is 10.1 Å². The Morgan fingerprint density at radius 2 is 2.05 bits per heavy atom.